The molecule has 154 valence electrons. The van der Waals surface area contributed by atoms with Gasteiger partial charge in [0.25, 0.3) is 15.7 Å². The van der Waals surface area contributed by atoms with Crippen LogP contribution in [0.25, 0.3) is 0 Å². The summed E-state index contributed by atoms with van der Waals surface area (Å²) in [6.45, 7) is 3.58. The molecule has 9 nitrogen and oxygen atoms in total. The second-order valence-electron chi connectivity index (χ2n) is 5.90. The van der Waals surface area contributed by atoms with Crippen LogP contribution < -0.4 is 9.04 Å². The van der Waals surface area contributed by atoms with E-state index in [-0.39, 0.29) is 31.7 Å². The minimum atomic E-state index is -4.34. The summed E-state index contributed by atoms with van der Waals surface area (Å²) < 4.78 is 32.9. The van der Waals surface area contributed by atoms with Crippen molar-refractivity contribution in [2.75, 3.05) is 17.5 Å². The monoisotopic (exact) mass is 420 g/mol. The molecule has 0 atom stereocenters. The number of ether oxygens (including phenoxy) is 1. The number of carbonyl (C=O) groups is 1. The minimum absolute atomic E-state index is 0.0208. The Bertz CT molecular complexity index is 1010. The number of rotatable bonds is 11. The quantitative estimate of drug-likeness (QED) is 0.336. The third kappa shape index (κ3) is 5.55. The van der Waals surface area contributed by atoms with Crippen molar-refractivity contribution >= 4 is 27.4 Å². The molecule has 0 heterocycles. The summed E-state index contributed by atoms with van der Waals surface area (Å²) in [6, 6.07) is 11.2. The lowest BCUT2D eigenvalue weighted by Gasteiger charge is -2.24. The molecule has 0 aliphatic heterocycles. The predicted octanol–water partition coefficient (Wildman–Crippen LogP) is 3.22. The van der Waals surface area contributed by atoms with E-state index >= 15 is 0 Å². The summed E-state index contributed by atoms with van der Waals surface area (Å²) in [6.07, 6.45) is 1.30. The Hall–Kier alpha value is -3.40. The Morgan fingerprint density at radius 3 is 2.62 bits per heavy atom. The van der Waals surface area contributed by atoms with E-state index in [1.165, 1.54) is 30.3 Å². The maximum atomic E-state index is 13.3. The number of sulfonamides is 1. The van der Waals surface area contributed by atoms with E-state index in [9.17, 15) is 23.3 Å². The zero-order valence-electron chi connectivity index (χ0n) is 15.4. The molecule has 2 aromatic carbocycles. The van der Waals surface area contributed by atoms with E-state index in [2.05, 4.69) is 6.58 Å². The Morgan fingerprint density at radius 1 is 1.24 bits per heavy atom. The Morgan fingerprint density at radius 2 is 1.97 bits per heavy atom. The molecule has 1 N–H and O–H groups in total. The summed E-state index contributed by atoms with van der Waals surface area (Å²) in [5.41, 5.74) is -0.357. The van der Waals surface area contributed by atoms with Gasteiger partial charge in [-0.05, 0) is 24.6 Å². The van der Waals surface area contributed by atoms with E-state index in [0.29, 0.717) is 5.75 Å². The van der Waals surface area contributed by atoms with Crippen LogP contribution in [0.3, 0.4) is 0 Å². The summed E-state index contributed by atoms with van der Waals surface area (Å²) in [7, 11) is -4.34. The SMILES string of the molecule is C=CCOc1cccc(N(CCCC(=O)O)S(=O)(=O)c2ccccc2[N+](=O)[O-])c1. The number of nitro benzene ring substituents is 1. The number of hydrogen-bond donors (Lipinski definition) is 1. The molecule has 0 aromatic heterocycles. The van der Waals surface area contributed by atoms with Crippen LogP contribution in [-0.2, 0) is 14.8 Å². The number of nitrogens with zero attached hydrogens (tertiary/aromatic N) is 2. The van der Waals surface area contributed by atoms with Crippen LogP contribution in [0.15, 0.2) is 66.1 Å². The van der Waals surface area contributed by atoms with Crippen molar-refractivity contribution in [1.29, 1.82) is 0 Å². The second kappa shape index (κ2) is 9.69. The van der Waals surface area contributed by atoms with Gasteiger partial charge in [-0.25, -0.2) is 8.42 Å². The number of aliphatic carboxylic acids is 1. The highest BCUT2D eigenvalue weighted by atomic mass is 32.2. The van der Waals surface area contributed by atoms with Crippen molar-refractivity contribution in [3.63, 3.8) is 0 Å². The molecule has 0 aliphatic carbocycles. The van der Waals surface area contributed by atoms with Crippen molar-refractivity contribution in [3.8, 4) is 5.75 Å². The van der Waals surface area contributed by atoms with E-state index in [1.54, 1.807) is 12.1 Å². The molecular formula is C19H20N2O7S. The first-order chi connectivity index (χ1) is 13.8. The third-order valence-electron chi connectivity index (χ3n) is 3.86. The normalized spacial score (nSPS) is 10.9. The first kappa shape index (κ1) is 21.9. The number of carboxylic acid groups (broad SMARTS) is 1. The standard InChI is InChI=1S/C19H20N2O7S/c1-2-13-28-16-8-5-7-15(14-16)20(12-6-11-19(22)23)29(26,27)18-10-4-3-9-17(18)21(24)25/h2-5,7-10,14H,1,6,11-13H2,(H,22,23). The highest BCUT2D eigenvalue weighted by molar-refractivity contribution is 7.93. The Balaban J connectivity index is 2.51. The van der Waals surface area contributed by atoms with E-state index in [0.717, 1.165) is 16.4 Å². The van der Waals surface area contributed by atoms with Gasteiger partial charge in [0.1, 0.15) is 12.4 Å². The first-order valence-corrected chi connectivity index (χ1v) is 10.0. The molecule has 0 bridgehead atoms. The predicted molar refractivity (Wildman–Crippen MR) is 107 cm³/mol. The number of anilines is 1. The van der Waals surface area contributed by atoms with E-state index in [4.69, 9.17) is 9.84 Å². The van der Waals surface area contributed by atoms with Crippen LogP contribution in [0.1, 0.15) is 12.8 Å². The molecule has 0 saturated heterocycles. The van der Waals surface area contributed by atoms with Gasteiger partial charge in [0.05, 0.1) is 10.6 Å². The minimum Gasteiger partial charge on any atom is -0.489 e. The molecule has 0 amide bonds. The molecule has 0 radical (unpaired) electrons. The maximum Gasteiger partial charge on any atom is 0.303 e. The summed E-state index contributed by atoms with van der Waals surface area (Å²) in [5.74, 6) is -0.695. The van der Waals surface area contributed by atoms with Gasteiger partial charge in [-0.2, -0.15) is 0 Å². The van der Waals surface area contributed by atoms with Crippen molar-refractivity contribution < 1.29 is 28.0 Å². The van der Waals surface area contributed by atoms with Crippen molar-refractivity contribution in [2.24, 2.45) is 0 Å². The van der Waals surface area contributed by atoms with Gasteiger partial charge in [0, 0.05) is 25.1 Å². The molecule has 2 rings (SSSR count). The topological polar surface area (TPSA) is 127 Å². The van der Waals surface area contributed by atoms with Crippen LogP contribution in [0.4, 0.5) is 11.4 Å². The number of benzene rings is 2. The zero-order chi connectivity index (χ0) is 21.4. The highest BCUT2D eigenvalue weighted by Crippen LogP contribution is 2.31. The lowest BCUT2D eigenvalue weighted by atomic mass is 10.2. The van der Waals surface area contributed by atoms with E-state index in [1.807, 2.05) is 0 Å². The Kier molecular flexibility index (Phi) is 7.32. The molecule has 0 fully saturated rings. The molecular weight excluding hydrogens is 400 g/mol. The van der Waals surface area contributed by atoms with Gasteiger partial charge < -0.3 is 9.84 Å². The van der Waals surface area contributed by atoms with Gasteiger partial charge in [0.2, 0.25) is 0 Å². The lowest BCUT2D eigenvalue weighted by molar-refractivity contribution is -0.387. The van der Waals surface area contributed by atoms with Crippen LogP contribution >= 0.6 is 0 Å². The third-order valence-corrected chi connectivity index (χ3v) is 5.73. The summed E-state index contributed by atoms with van der Waals surface area (Å²) >= 11 is 0. The number of hydrogen-bond acceptors (Lipinski definition) is 6. The first-order valence-electron chi connectivity index (χ1n) is 8.59. The molecule has 0 aliphatic rings. The second-order valence-corrected chi connectivity index (χ2v) is 7.73. The van der Waals surface area contributed by atoms with Crippen LogP contribution in [0, 0.1) is 10.1 Å². The summed E-state index contributed by atoms with van der Waals surface area (Å²) in [5, 5.41) is 20.2. The maximum absolute atomic E-state index is 13.3. The molecule has 2 aromatic rings. The summed E-state index contributed by atoms with van der Waals surface area (Å²) in [4.78, 5) is 20.9. The van der Waals surface area contributed by atoms with E-state index < -0.39 is 31.5 Å². The van der Waals surface area contributed by atoms with Gasteiger partial charge in [-0.3, -0.25) is 19.2 Å². The smallest absolute Gasteiger partial charge is 0.303 e. The van der Waals surface area contributed by atoms with Gasteiger partial charge in [0.15, 0.2) is 4.90 Å². The Labute approximate surface area is 168 Å². The lowest BCUT2D eigenvalue weighted by Crippen LogP contribution is -2.32. The highest BCUT2D eigenvalue weighted by Gasteiger charge is 2.31. The molecule has 0 unspecified atom stereocenters. The van der Waals surface area contributed by atoms with Gasteiger partial charge in [-0.15, -0.1) is 0 Å². The van der Waals surface area contributed by atoms with Gasteiger partial charge in [-0.1, -0.05) is 30.9 Å². The van der Waals surface area contributed by atoms with Crippen molar-refractivity contribution in [1.82, 2.24) is 0 Å². The molecule has 29 heavy (non-hydrogen) atoms. The average Bonchev–Trinajstić information content (AvgIpc) is 2.69. The fourth-order valence-corrected chi connectivity index (χ4v) is 4.25. The van der Waals surface area contributed by atoms with Crippen LogP contribution in [-0.4, -0.2) is 37.6 Å². The van der Waals surface area contributed by atoms with Crippen molar-refractivity contribution in [3.05, 3.63) is 71.3 Å². The zero-order valence-corrected chi connectivity index (χ0v) is 16.2. The van der Waals surface area contributed by atoms with Crippen molar-refractivity contribution in [2.45, 2.75) is 17.7 Å². The van der Waals surface area contributed by atoms with Crippen LogP contribution in [0.5, 0.6) is 5.75 Å². The fraction of sp³-hybridized carbons (Fsp3) is 0.211. The fourth-order valence-electron chi connectivity index (χ4n) is 2.59. The number of nitro groups is 1. The number of carboxylic acids is 1. The molecule has 0 spiro atoms. The molecule has 0 saturated carbocycles. The largest absolute Gasteiger partial charge is 0.489 e. The average molecular weight is 420 g/mol. The van der Waals surface area contributed by atoms with Gasteiger partial charge >= 0.3 is 5.97 Å². The molecule has 10 heteroatoms. The number of para-hydroxylation sites is 1. The van der Waals surface area contributed by atoms with Crippen LogP contribution in [0.2, 0.25) is 0 Å².